The van der Waals surface area contributed by atoms with Crippen molar-refractivity contribution < 1.29 is 8.42 Å². The van der Waals surface area contributed by atoms with Crippen LogP contribution in [0.5, 0.6) is 0 Å². The van der Waals surface area contributed by atoms with Crippen molar-refractivity contribution in [3.63, 3.8) is 0 Å². The molecule has 0 aromatic carbocycles. The lowest BCUT2D eigenvalue weighted by atomic mass is 10.5. The summed E-state index contributed by atoms with van der Waals surface area (Å²) in [4.78, 5) is 10.1. The lowest BCUT2D eigenvalue weighted by molar-refractivity contribution is 0.581. The maximum atomic E-state index is 12.1. The second kappa shape index (κ2) is 6.17. The van der Waals surface area contributed by atoms with Crippen LogP contribution in [0.1, 0.15) is 5.82 Å². The molecule has 0 saturated heterocycles. The van der Waals surface area contributed by atoms with Gasteiger partial charge in [0.25, 0.3) is 0 Å². The molecule has 0 spiro atoms. The minimum Gasteiger partial charge on any atom is -0.363 e. The Hall–Kier alpha value is -1.03. The fourth-order valence-corrected chi connectivity index (χ4v) is 4.43. The number of thiophene rings is 1. The fraction of sp³-hybridized carbons (Fsp3) is 0.273. The van der Waals surface area contributed by atoms with E-state index in [-0.39, 0.29) is 10.8 Å². The summed E-state index contributed by atoms with van der Waals surface area (Å²) >= 11 is 4.40. The molecule has 2 aromatic heterocycles. The third-order valence-corrected chi connectivity index (χ3v) is 5.90. The molecular formula is C11H13BrN4O2S2. The molecule has 0 aliphatic heterocycles. The zero-order chi connectivity index (χ0) is 14.8. The minimum absolute atomic E-state index is 0.0551. The van der Waals surface area contributed by atoms with E-state index < -0.39 is 10.0 Å². The number of anilines is 1. The monoisotopic (exact) mass is 376 g/mol. The summed E-state index contributed by atoms with van der Waals surface area (Å²) in [5.74, 6) is 1.16. The maximum Gasteiger partial charge on any atom is 0.250 e. The highest BCUT2D eigenvalue weighted by Crippen LogP contribution is 2.25. The van der Waals surface area contributed by atoms with Gasteiger partial charge in [-0.25, -0.2) is 23.1 Å². The molecule has 0 amide bonds. The Kier molecular flexibility index (Phi) is 4.74. The number of hydrogen-bond donors (Lipinski definition) is 1. The average Bonchev–Trinajstić information content (AvgIpc) is 2.84. The molecular weight excluding hydrogens is 364 g/mol. The van der Waals surface area contributed by atoms with E-state index in [1.165, 1.54) is 0 Å². The van der Waals surface area contributed by atoms with Gasteiger partial charge in [-0.1, -0.05) is 0 Å². The van der Waals surface area contributed by atoms with Crippen LogP contribution >= 0.6 is 27.3 Å². The van der Waals surface area contributed by atoms with E-state index in [1.807, 2.05) is 19.0 Å². The van der Waals surface area contributed by atoms with Gasteiger partial charge in [-0.3, -0.25) is 0 Å². The van der Waals surface area contributed by atoms with E-state index in [0.29, 0.717) is 5.82 Å². The quantitative estimate of drug-likeness (QED) is 0.861. The van der Waals surface area contributed by atoms with Crippen LogP contribution in [-0.4, -0.2) is 32.5 Å². The van der Waals surface area contributed by atoms with Crippen molar-refractivity contribution in [2.75, 3.05) is 19.0 Å². The smallest absolute Gasteiger partial charge is 0.250 e. The molecule has 0 aliphatic carbocycles. The number of rotatable bonds is 5. The van der Waals surface area contributed by atoms with Crippen LogP contribution in [0.15, 0.2) is 32.4 Å². The minimum atomic E-state index is -3.53. The third kappa shape index (κ3) is 3.75. The molecule has 2 rings (SSSR count). The Morgan fingerprint density at radius 3 is 2.70 bits per heavy atom. The number of aromatic nitrogens is 2. The molecule has 108 valence electrons. The van der Waals surface area contributed by atoms with Crippen molar-refractivity contribution in [2.24, 2.45) is 0 Å². The predicted octanol–water partition coefficient (Wildman–Crippen LogP) is 1.85. The first kappa shape index (κ1) is 15.4. The summed E-state index contributed by atoms with van der Waals surface area (Å²) in [6.45, 7) is 0.0551. The van der Waals surface area contributed by atoms with Gasteiger partial charge in [0.15, 0.2) is 0 Å². The SMILES string of the molecule is CN(C)c1ccnc(CNS(=O)(=O)c2ccc(Br)s2)n1. The van der Waals surface area contributed by atoms with E-state index in [4.69, 9.17) is 0 Å². The van der Waals surface area contributed by atoms with Gasteiger partial charge in [-0.05, 0) is 34.1 Å². The van der Waals surface area contributed by atoms with Gasteiger partial charge in [0, 0.05) is 20.3 Å². The molecule has 0 radical (unpaired) electrons. The summed E-state index contributed by atoms with van der Waals surface area (Å²) in [5.41, 5.74) is 0. The largest absolute Gasteiger partial charge is 0.363 e. The van der Waals surface area contributed by atoms with Gasteiger partial charge in [0.05, 0.1) is 10.3 Å². The number of halogens is 1. The Morgan fingerprint density at radius 1 is 1.35 bits per heavy atom. The number of nitrogens with one attached hydrogen (secondary N) is 1. The van der Waals surface area contributed by atoms with Crippen LogP contribution < -0.4 is 9.62 Å². The zero-order valence-electron chi connectivity index (χ0n) is 10.9. The van der Waals surface area contributed by atoms with Crippen molar-refractivity contribution in [1.29, 1.82) is 0 Å². The lowest BCUT2D eigenvalue weighted by Gasteiger charge is -2.11. The molecule has 1 N–H and O–H groups in total. The number of sulfonamides is 1. The second-order valence-corrected chi connectivity index (χ2v) is 8.57. The highest BCUT2D eigenvalue weighted by atomic mass is 79.9. The molecule has 0 bridgehead atoms. The number of nitrogens with zero attached hydrogens (tertiary/aromatic N) is 3. The van der Waals surface area contributed by atoms with Crippen molar-refractivity contribution in [3.8, 4) is 0 Å². The van der Waals surface area contributed by atoms with E-state index in [0.717, 1.165) is 20.9 Å². The van der Waals surface area contributed by atoms with Gasteiger partial charge in [0.1, 0.15) is 15.9 Å². The predicted molar refractivity (Wildman–Crippen MR) is 82.4 cm³/mol. The summed E-state index contributed by atoms with van der Waals surface area (Å²) in [6.07, 6.45) is 1.60. The first-order valence-electron chi connectivity index (χ1n) is 5.63. The molecule has 0 fully saturated rings. The summed E-state index contributed by atoms with van der Waals surface area (Å²) < 4.78 is 27.6. The highest BCUT2D eigenvalue weighted by Gasteiger charge is 2.16. The van der Waals surface area contributed by atoms with Crippen LogP contribution in [0.3, 0.4) is 0 Å². The molecule has 2 heterocycles. The first-order valence-corrected chi connectivity index (χ1v) is 8.72. The van der Waals surface area contributed by atoms with Crippen molar-refractivity contribution in [1.82, 2.24) is 14.7 Å². The number of hydrogen-bond acceptors (Lipinski definition) is 6. The van der Waals surface area contributed by atoms with Crippen molar-refractivity contribution >= 4 is 43.1 Å². The van der Waals surface area contributed by atoms with Gasteiger partial charge < -0.3 is 4.90 Å². The Labute approximate surface area is 130 Å². The highest BCUT2D eigenvalue weighted by molar-refractivity contribution is 9.11. The summed E-state index contributed by atoms with van der Waals surface area (Å²) in [7, 11) is 0.195. The third-order valence-electron chi connectivity index (χ3n) is 2.38. The van der Waals surface area contributed by atoms with Crippen LogP contribution in [-0.2, 0) is 16.6 Å². The molecule has 9 heteroatoms. The molecule has 0 aliphatic rings. The normalized spacial score (nSPS) is 11.6. The zero-order valence-corrected chi connectivity index (χ0v) is 14.1. The standard InChI is InChI=1S/C11H13BrN4O2S2/c1-16(2)10-5-6-13-9(15-10)7-14-20(17,18)11-4-3-8(12)19-11/h3-6,14H,7H2,1-2H3. The van der Waals surface area contributed by atoms with Crippen LogP contribution in [0.25, 0.3) is 0 Å². The van der Waals surface area contributed by atoms with Gasteiger partial charge in [-0.2, -0.15) is 0 Å². The Balaban J connectivity index is 2.10. The van der Waals surface area contributed by atoms with E-state index >= 15 is 0 Å². The molecule has 6 nitrogen and oxygen atoms in total. The maximum absolute atomic E-state index is 12.1. The van der Waals surface area contributed by atoms with Crippen LogP contribution in [0.4, 0.5) is 5.82 Å². The molecule has 20 heavy (non-hydrogen) atoms. The van der Waals surface area contributed by atoms with Crippen molar-refractivity contribution in [3.05, 3.63) is 34.0 Å². The van der Waals surface area contributed by atoms with Crippen LogP contribution in [0, 0.1) is 0 Å². The van der Waals surface area contributed by atoms with Crippen molar-refractivity contribution in [2.45, 2.75) is 10.8 Å². The van der Waals surface area contributed by atoms with Crippen LogP contribution in [0.2, 0.25) is 0 Å². The summed E-state index contributed by atoms with van der Waals surface area (Å²) in [5, 5.41) is 0. The van der Waals surface area contributed by atoms with E-state index in [9.17, 15) is 8.42 Å². The first-order chi connectivity index (χ1) is 9.38. The average molecular weight is 377 g/mol. The molecule has 0 saturated carbocycles. The topological polar surface area (TPSA) is 75.2 Å². The van der Waals surface area contributed by atoms with Gasteiger partial charge >= 0.3 is 0 Å². The van der Waals surface area contributed by atoms with Gasteiger partial charge in [0.2, 0.25) is 10.0 Å². The fourth-order valence-electron chi connectivity index (χ4n) is 1.40. The van der Waals surface area contributed by atoms with E-state index in [2.05, 4.69) is 30.6 Å². The Bertz CT molecular complexity index is 700. The lowest BCUT2D eigenvalue weighted by Crippen LogP contribution is -2.24. The molecule has 0 unspecified atom stereocenters. The second-order valence-electron chi connectivity index (χ2n) is 4.11. The Morgan fingerprint density at radius 2 is 2.10 bits per heavy atom. The summed E-state index contributed by atoms with van der Waals surface area (Å²) in [6, 6.07) is 5.00. The van der Waals surface area contributed by atoms with Gasteiger partial charge in [-0.15, -0.1) is 11.3 Å². The molecule has 0 atom stereocenters. The van der Waals surface area contributed by atoms with E-state index in [1.54, 1.807) is 24.4 Å². The molecule has 2 aromatic rings.